The Morgan fingerprint density at radius 2 is 2.25 bits per heavy atom. The van der Waals surface area contributed by atoms with Crippen LogP contribution in [0.5, 0.6) is 0 Å². The molecule has 3 heterocycles. The van der Waals surface area contributed by atoms with E-state index in [1.54, 1.807) is 12.3 Å². The maximum absolute atomic E-state index is 12.3. The number of rotatable bonds is 3. The van der Waals surface area contributed by atoms with Gasteiger partial charge in [0.05, 0.1) is 18.4 Å². The van der Waals surface area contributed by atoms with Gasteiger partial charge in [-0.3, -0.25) is 4.79 Å². The number of furan rings is 1. The first kappa shape index (κ1) is 13.6. The highest BCUT2D eigenvalue weighted by Gasteiger charge is 2.24. The SMILES string of the molecule is O=C(c1ccoc1)N1CCCN(C[C@H]2CCOC2)CC1. The molecule has 3 rings (SSSR count). The zero-order valence-corrected chi connectivity index (χ0v) is 11.8. The standard InChI is InChI=1S/C15H22N2O3/c18-15(14-3-9-20-12-14)17-5-1-4-16(6-7-17)10-13-2-8-19-11-13/h3,9,12-13H,1-2,4-8,10-11H2/t13-/m1/s1. The van der Waals surface area contributed by atoms with Crippen LogP contribution in [0.2, 0.25) is 0 Å². The summed E-state index contributed by atoms with van der Waals surface area (Å²) in [5.41, 5.74) is 0.655. The molecule has 2 aliphatic heterocycles. The molecule has 0 aromatic carbocycles. The molecule has 1 atom stereocenters. The maximum Gasteiger partial charge on any atom is 0.257 e. The van der Waals surface area contributed by atoms with Gasteiger partial charge in [-0.05, 0) is 31.4 Å². The summed E-state index contributed by atoms with van der Waals surface area (Å²) in [6, 6.07) is 1.74. The van der Waals surface area contributed by atoms with Crippen LogP contribution in [0.4, 0.5) is 0 Å². The van der Waals surface area contributed by atoms with Crippen LogP contribution < -0.4 is 0 Å². The van der Waals surface area contributed by atoms with Gasteiger partial charge in [-0.2, -0.15) is 0 Å². The molecule has 2 saturated heterocycles. The van der Waals surface area contributed by atoms with Crippen molar-refractivity contribution in [1.29, 1.82) is 0 Å². The van der Waals surface area contributed by atoms with E-state index in [9.17, 15) is 4.79 Å². The summed E-state index contributed by atoms with van der Waals surface area (Å²) in [7, 11) is 0. The van der Waals surface area contributed by atoms with E-state index in [0.29, 0.717) is 11.5 Å². The second-order valence-electron chi connectivity index (χ2n) is 5.69. The lowest BCUT2D eigenvalue weighted by molar-refractivity contribution is 0.0759. The topological polar surface area (TPSA) is 45.9 Å². The molecule has 5 nitrogen and oxygen atoms in total. The number of hydrogen-bond acceptors (Lipinski definition) is 4. The lowest BCUT2D eigenvalue weighted by Crippen LogP contribution is -2.36. The Bertz CT molecular complexity index is 426. The lowest BCUT2D eigenvalue weighted by Gasteiger charge is -2.23. The van der Waals surface area contributed by atoms with E-state index in [0.717, 1.165) is 52.4 Å². The summed E-state index contributed by atoms with van der Waals surface area (Å²) in [6.45, 7) is 6.58. The van der Waals surface area contributed by atoms with Gasteiger partial charge in [0.2, 0.25) is 0 Å². The first-order chi connectivity index (χ1) is 9.83. The molecular weight excluding hydrogens is 256 g/mol. The van der Waals surface area contributed by atoms with Crippen molar-refractivity contribution in [2.24, 2.45) is 5.92 Å². The van der Waals surface area contributed by atoms with Gasteiger partial charge in [0.15, 0.2) is 0 Å². The molecule has 0 radical (unpaired) electrons. The molecule has 0 bridgehead atoms. The average Bonchev–Trinajstić information content (AvgIpc) is 3.10. The predicted molar refractivity (Wildman–Crippen MR) is 74.6 cm³/mol. The van der Waals surface area contributed by atoms with E-state index in [-0.39, 0.29) is 5.91 Å². The van der Waals surface area contributed by atoms with Crippen LogP contribution in [0.15, 0.2) is 23.0 Å². The predicted octanol–water partition coefficient (Wildman–Crippen LogP) is 1.46. The largest absolute Gasteiger partial charge is 0.472 e. The van der Waals surface area contributed by atoms with Crippen LogP contribution in [0, 0.1) is 5.92 Å². The number of amides is 1. The summed E-state index contributed by atoms with van der Waals surface area (Å²) in [4.78, 5) is 16.7. The highest BCUT2D eigenvalue weighted by atomic mass is 16.5. The summed E-state index contributed by atoms with van der Waals surface area (Å²) in [5, 5.41) is 0. The Labute approximate surface area is 119 Å². The van der Waals surface area contributed by atoms with Crippen molar-refractivity contribution in [3.63, 3.8) is 0 Å². The summed E-state index contributed by atoms with van der Waals surface area (Å²) in [6.07, 6.45) is 5.30. The van der Waals surface area contributed by atoms with E-state index in [2.05, 4.69) is 4.90 Å². The number of carbonyl (C=O) groups excluding carboxylic acids is 1. The molecular formula is C15H22N2O3. The van der Waals surface area contributed by atoms with Gasteiger partial charge < -0.3 is 19.0 Å². The fraction of sp³-hybridized carbons (Fsp3) is 0.667. The molecule has 5 heteroatoms. The third-order valence-corrected chi connectivity index (χ3v) is 4.18. The zero-order valence-electron chi connectivity index (χ0n) is 11.8. The minimum atomic E-state index is 0.0878. The Balaban J connectivity index is 1.52. The fourth-order valence-electron chi connectivity index (χ4n) is 3.02. The molecule has 0 N–H and O–H groups in total. The number of ether oxygens (including phenoxy) is 1. The van der Waals surface area contributed by atoms with Crippen molar-refractivity contribution in [2.75, 3.05) is 45.9 Å². The first-order valence-electron chi connectivity index (χ1n) is 7.44. The molecule has 0 saturated carbocycles. The smallest absolute Gasteiger partial charge is 0.257 e. The minimum absolute atomic E-state index is 0.0878. The van der Waals surface area contributed by atoms with Crippen molar-refractivity contribution in [1.82, 2.24) is 9.80 Å². The van der Waals surface area contributed by atoms with Gasteiger partial charge in [0.1, 0.15) is 6.26 Å². The first-order valence-corrected chi connectivity index (χ1v) is 7.44. The highest BCUT2D eigenvalue weighted by Crippen LogP contribution is 2.16. The van der Waals surface area contributed by atoms with Crippen molar-refractivity contribution < 1.29 is 13.9 Å². The second kappa shape index (κ2) is 6.41. The van der Waals surface area contributed by atoms with E-state index >= 15 is 0 Å². The lowest BCUT2D eigenvalue weighted by atomic mass is 10.1. The molecule has 20 heavy (non-hydrogen) atoms. The molecule has 1 amide bonds. The van der Waals surface area contributed by atoms with E-state index < -0.39 is 0 Å². The van der Waals surface area contributed by atoms with E-state index in [1.807, 2.05) is 4.90 Å². The number of nitrogens with zero attached hydrogens (tertiary/aromatic N) is 2. The van der Waals surface area contributed by atoms with Gasteiger partial charge in [-0.1, -0.05) is 0 Å². The Morgan fingerprint density at radius 1 is 1.30 bits per heavy atom. The molecule has 2 aliphatic rings. The Morgan fingerprint density at radius 3 is 3.00 bits per heavy atom. The number of hydrogen-bond donors (Lipinski definition) is 0. The Hall–Kier alpha value is -1.33. The van der Waals surface area contributed by atoms with Crippen molar-refractivity contribution in [3.8, 4) is 0 Å². The second-order valence-corrected chi connectivity index (χ2v) is 5.69. The molecule has 0 spiro atoms. The van der Waals surface area contributed by atoms with Crippen LogP contribution in [0.3, 0.4) is 0 Å². The Kier molecular flexibility index (Phi) is 4.38. The molecule has 0 aliphatic carbocycles. The van der Waals surface area contributed by atoms with Gasteiger partial charge >= 0.3 is 0 Å². The molecule has 1 aromatic heterocycles. The highest BCUT2D eigenvalue weighted by molar-refractivity contribution is 5.93. The van der Waals surface area contributed by atoms with Gasteiger partial charge in [0.25, 0.3) is 5.91 Å². The van der Waals surface area contributed by atoms with E-state index in [1.165, 1.54) is 12.7 Å². The molecule has 1 aromatic rings. The van der Waals surface area contributed by atoms with Gasteiger partial charge in [-0.15, -0.1) is 0 Å². The molecule has 110 valence electrons. The van der Waals surface area contributed by atoms with Crippen molar-refractivity contribution in [2.45, 2.75) is 12.8 Å². The van der Waals surface area contributed by atoms with Crippen LogP contribution in [0.25, 0.3) is 0 Å². The van der Waals surface area contributed by atoms with Crippen LogP contribution in [0.1, 0.15) is 23.2 Å². The van der Waals surface area contributed by atoms with Crippen LogP contribution in [-0.2, 0) is 4.74 Å². The number of carbonyl (C=O) groups is 1. The quantitative estimate of drug-likeness (QED) is 0.840. The minimum Gasteiger partial charge on any atom is -0.472 e. The zero-order chi connectivity index (χ0) is 13.8. The molecule has 2 fully saturated rings. The van der Waals surface area contributed by atoms with Crippen LogP contribution in [-0.4, -0.2) is 61.6 Å². The van der Waals surface area contributed by atoms with Crippen LogP contribution >= 0.6 is 0 Å². The maximum atomic E-state index is 12.3. The van der Waals surface area contributed by atoms with Crippen molar-refractivity contribution >= 4 is 5.91 Å². The third kappa shape index (κ3) is 3.22. The average molecular weight is 278 g/mol. The van der Waals surface area contributed by atoms with Gasteiger partial charge in [-0.25, -0.2) is 0 Å². The summed E-state index contributed by atoms with van der Waals surface area (Å²) < 4.78 is 10.4. The van der Waals surface area contributed by atoms with Gasteiger partial charge in [0, 0.05) is 32.8 Å². The fourth-order valence-corrected chi connectivity index (χ4v) is 3.02. The molecule has 0 unspecified atom stereocenters. The van der Waals surface area contributed by atoms with Crippen molar-refractivity contribution in [3.05, 3.63) is 24.2 Å². The normalized spacial score (nSPS) is 24.8. The monoisotopic (exact) mass is 278 g/mol. The summed E-state index contributed by atoms with van der Waals surface area (Å²) >= 11 is 0. The van der Waals surface area contributed by atoms with E-state index in [4.69, 9.17) is 9.15 Å². The third-order valence-electron chi connectivity index (χ3n) is 4.18. The summed E-state index contributed by atoms with van der Waals surface area (Å²) in [5.74, 6) is 0.760.